The molecule has 3 aliphatic rings. The predicted octanol–water partition coefficient (Wildman–Crippen LogP) is 3.81. The first-order chi connectivity index (χ1) is 10.3. The van der Waals surface area contributed by atoms with Crippen molar-refractivity contribution in [2.24, 2.45) is 17.8 Å². The lowest BCUT2D eigenvalue weighted by molar-refractivity contribution is 0.289. The van der Waals surface area contributed by atoms with Gasteiger partial charge in [-0.1, -0.05) is 24.9 Å². The van der Waals surface area contributed by atoms with Crippen molar-refractivity contribution in [3.8, 4) is 0 Å². The molecular weight excluding hydrogens is 262 g/mol. The van der Waals surface area contributed by atoms with E-state index in [0.717, 1.165) is 36.0 Å². The van der Waals surface area contributed by atoms with Crippen LogP contribution in [0.25, 0.3) is 0 Å². The lowest BCUT2D eigenvalue weighted by Crippen LogP contribution is -2.18. The molecule has 1 N–H and O–H groups in total. The zero-order valence-electron chi connectivity index (χ0n) is 13.1. The molecule has 2 heterocycles. The van der Waals surface area contributed by atoms with E-state index in [0.29, 0.717) is 12.0 Å². The Morgan fingerprint density at radius 2 is 2.00 bits per heavy atom. The van der Waals surface area contributed by atoms with E-state index in [1.807, 2.05) is 0 Å². The third-order valence-corrected chi connectivity index (χ3v) is 6.26. The van der Waals surface area contributed by atoms with Crippen molar-refractivity contribution in [1.29, 1.82) is 0 Å². The van der Waals surface area contributed by atoms with Crippen molar-refractivity contribution in [2.75, 3.05) is 6.54 Å². The largest absolute Gasteiger partial charge is 0.338 e. The Hall–Kier alpha value is -0.900. The van der Waals surface area contributed by atoms with E-state index in [4.69, 9.17) is 9.51 Å². The summed E-state index contributed by atoms with van der Waals surface area (Å²) in [6.45, 7) is 3.44. The topological polar surface area (TPSA) is 51.0 Å². The van der Waals surface area contributed by atoms with Gasteiger partial charge in [-0.3, -0.25) is 0 Å². The number of aromatic nitrogens is 2. The molecule has 2 aliphatic carbocycles. The molecule has 1 aromatic heterocycles. The molecule has 4 heteroatoms. The highest BCUT2D eigenvalue weighted by atomic mass is 16.5. The minimum Gasteiger partial charge on any atom is -0.338 e. The fraction of sp³-hybridized carbons (Fsp3) is 0.882. The van der Waals surface area contributed by atoms with Crippen LogP contribution in [0, 0.1) is 17.8 Å². The van der Waals surface area contributed by atoms with Crippen molar-refractivity contribution in [3.63, 3.8) is 0 Å². The molecule has 3 atom stereocenters. The molecule has 1 saturated heterocycles. The van der Waals surface area contributed by atoms with Gasteiger partial charge in [0.1, 0.15) is 0 Å². The molecule has 2 saturated carbocycles. The molecule has 0 bridgehead atoms. The zero-order chi connectivity index (χ0) is 14.2. The lowest BCUT2D eigenvalue weighted by atomic mass is 9.80. The van der Waals surface area contributed by atoms with Crippen molar-refractivity contribution in [2.45, 2.75) is 70.3 Å². The van der Waals surface area contributed by atoms with Crippen molar-refractivity contribution < 1.29 is 4.52 Å². The monoisotopic (exact) mass is 289 g/mol. The van der Waals surface area contributed by atoms with Gasteiger partial charge in [-0.25, -0.2) is 0 Å². The Labute approximate surface area is 127 Å². The average Bonchev–Trinajstić information content (AvgIpc) is 3.23. The van der Waals surface area contributed by atoms with Crippen LogP contribution in [0.2, 0.25) is 0 Å². The maximum Gasteiger partial charge on any atom is 0.244 e. The second-order valence-corrected chi connectivity index (χ2v) is 7.36. The van der Waals surface area contributed by atoms with Crippen molar-refractivity contribution in [1.82, 2.24) is 15.5 Å². The van der Waals surface area contributed by atoms with E-state index in [1.54, 1.807) is 0 Å². The Bertz CT molecular complexity index is 478. The number of rotatable bonds is 3. The summed E-state index contributed by atoms with van der Waals surface area (Å²) in [5.41, 5.74) is 0. The molecule has 4 rings (SSSR count). The second-order valence-electron chi connectivity index (χ2n) is 7.36. The molecule has 3 fully saturated rings. The highest BCUT2D eigenvalue weighted by Gasteiger charge is 2.42. The van der Waals surface area contributed by atoms with Gasteiger partial charge in [-0.2, -0.15) is 4.98 Å². The van der Waals surface area contributed by atoms with Gasteiger partial charge in [0.2, 0.25) is 5.89 Å². The summed E-state index contributed by atoms with van der Waals surface area (Å²) in [7, 11) is 0. The second kappa shape index (κ2) is 5.71. The van der Waals surface area contributed by atoms with Crippen LogP contribution in [0.4, 0.5) is 0 Å². The van der Waals surface area contributed by atoms with Crippen molar-refractivity contribution >= 4 is 0 Å². The minimum atomic E-state index is 0.325. The summed E-state index contributed by atoms with van der Waals surface area (Å²) in [4.78, 5) is 4.79. The smallest absolute Gasteiger partial charge is 0.244 e. The maximum atomic E-state index is 5.64. The number of nitrogens with one attached hydrogen (secondary N) is 1. The number of fused-ring (bicyclic) bond motifs is 1. The van der Waals surface area contributed by atoms with Crippen LogP contribution in [0.5, 0.6) is 0 Å². The maximum absolute atomic E-state index is 5.64. The molecule has 3 unspecified atom stereocenters. The van der Waals surface area contributed by atoms with Gasteiger partial charge >= 0.3 is 0 Å². The van der Waals surface area contributed by atoms with E-state index in [1.165, 1.54) is 51.4 Å². The molecule has 21 heavy (non-hydrogen) atoms. The zero-order valence-corrected chi connectivity index (χ0v) is 13.1. The predicted molar refractivity (Wildman–Crippen MR) is 80.9 cm³/mol. The fourth-order valence-electron chi connectivity index (χ4n) is 4.83. The summed E-state index contributed by atoms with van der Waals surface area (Å²) in [5.74, 6) is 4.86. The summed E-state index contributed by atoms with van der Waals surface area (Å²) >= 11 is 0. The van der Waals surface area contributed by atoms with Gasteiger partial charge in [0.15, 0.2) is 5.82 Å². The molecule has 1 aromatic rings. The normalized spacial score (nSPS) is 39.6. The van der Waals surface area contributed by atoms with E-state index in [2.05, 4.69) is 17.4 Å². The van der Waals surface area contributed by atoms with Crippen LogP contribution in [-0.4, -0.2) is 16.7 Å². The molecule has 0 radical (unpaired) electrons. The number of hydrogen-bond acceptors (Lipinski definition) is 4. The summed E-state index contributed by atoms with van der Waals surface area (Å²) in [6.07, 6.45) is 10.5. The van der Waals surface area contributed by atoms with Crippen LogP contribution in [0.15, 0.2) is 4.52 Å². The van der Waals surface area contributed by atoms with E-state index in [9.17, 15) is 0 Å². The van der Waals surface area contributed by atoms with Gasteiger partial charge in [0.25, 0.3) is 0 Å². The molecule has 116 valence electrons. The molecule has 0 amide bonds. The van der Waals surface area contributed by atoms with Crippen LogP contribution >= 0.6 is 0 Å². The third-order valence-electron chi connectivity index (χ3n) is 6.26. The average molecular weight is 289 g/mol. The quantitative estimate of drug-likeness (QED) is 0.919. The van der Waals surface area contributed by atoms with E-state index >= 15 is 0 Å². The van der Waals surface area contributed by atoms with Crippen LogP contribution in [-0.2, 0) is 0 Å². The Morgan fingerprint density at radius 3 is 2.81 bits per heavy atom. The molecule has 4 nitrogen and oxygen atoms in total. The van der Waals surface area contributed by atoms with Crippen LogP contribution in [0.3, 0.4) is 0 Å². The van der Waals surface area contributed by atoms with Crippen LogP contribution in [0.1, 0.15) is 82.0 Å². The lowest BCUT2D eigenvalue weighted by Gasteiger charge is -2.25. The highest BCUT2D eigenvalue weighted by molar-refractivity contribution is 5.06. The first-order valence-corrected chi connectivity index (χ1v) is 8.92. The Kier molecular flexibility index (Phi) is 3.74. The highest BCUT2D eigenvalue weighted by Crippen LogP contribution is 2.44. The molecule has 0 aromatic carbocycles. The van der Waals surface area contributed by atoms with E-state index in [-0.39, 0.29) is 0 Å². The summed E-state index contributed by atoms with van der Waals surface area (Å²) < 4.78 is 5.64. The fourth-order valence-corrected chi connectivity index (χ4v) is 4.83. The van der Waals surface area contributed by atoms with Gasteiger partial charge in [-0.15, -0.1) is 0 Å². The standard InChI is InChI=1S/C17H27N3O/c1-2-11-6-8-12(9-7-11)16-19-17(21-20-16)15-14-5-3-4-13(14)10-18-15/h11-15,18H,2-10H2,1H3. The number of nitrogens with zero attached hydrogens (tertiary/aromatic N) is 2. The Balaban J connectivity index is 1.44. The third kappa shape index (κ3) is 2.52. The first-order valence-electron chi connectivity index (χ1n) is 8.92. The summed E-state index contributed by atoms with van der Waals surface area (Å²) in [5, 5.41) is 7.93. The van der Waals surface area contributed by atoms with Crippen molar-refractivity contribution in [3.05, 3.63) is 11.7 Å². The molecular formula is C17H27N3O. The van der Waals surface area contributed by atoms with E-state index < -0.39 is 0 Å². The number of hydrogen-bond donors (Lipinski definition) is 1. The van der Waals surface area contributed by atoms with Crippen LogP contribution < -0.4 is 5.32 Å². The molecule has 1 aliphatic heterocycles. The van der Waals surface area contributed by atoms with Gasteiger partial charge in [0.05, 0.1) is 6.04 Å². The first kappa shape index (κ1) is 13.7. The summed E-state index contributed by atoms with van der Waals surface area (Å²) in [6, 6.07) is 0.325. The Morgan fingerprint density at radius 1 is 1.14 bits per heavy atom. The SMILES string of the molecule is CCC1CCC(c2noc(C3NCC4CCCC43)n2)CC1. The van der Waals surface area contributed by atoms with Gasteiger partial charge in [-0.05, 0) is 62.8 Å². The van der Waals surface area contributed by atoms with Gasteiger partial charge < -0.3 is 9.84 Å². The molecule has 0 spiro atoms. The van der Waals surface area contributed by atoms with Gasteiger partial charge in [0, 0.05) is 5.92 Å². The minimum absolute atomic E-state index is 0.325.